The highest BCUT2D eigenvalue weighted by molar-refractivity contribution is 5.83. The largest absolute Gasteiger partial charge is 0.349 e. The summed E-state index contributed by atoms with van der Waals surface area (Å²) in [5.41, 5.74) is 0.786. The summed E-state index contributed by atoms with van der Waals surface area (Å²) in [6.45, 7) is 5.96. The van der Waals surface area contributed by atoms with Crippen molar-refractivity contribution in [1.29, 1.82) is 0 Å². The van der Waals surface area contributed by atoms with E-state index >= 15 is 0 Å². The van der Waals surface area contributed by atoms with E-state index in [2.05, 4.69) is 27.8 Å². The van der Waals surface area contributed by atoms with E-state index in [0.717, 1.165) is 44.3 Å². The van der Waals surface area contributed by atoms with Crippen LogP contribution >= 0.6 is 0 Å². The van der Waals surface area contributed by atoms with Gasteiger partial charge in [0.2, 0.25) is 5.91 Å². The first-order valence-corrected chi connectivity index (χ1v) is 7.18. The number of aromatic amines is 1. The Hall–Kier alpha value is -1.36. The first-order chi connectivity index (χ1) is 9.18. The summed E-state index contributed by atoms with van der Waals surface area (Å²) in [4.78, 5) is 12.6. The number of hydrogen-bond donors (Lipinski definition) is 3. The van der Waals surface area contributed by atoms with E-state index in [0.29, 0.717) is 0 Å². The standard InChI is InChI=1S/C14H24N4O/c1-3-5-14(6-4-7-15-10-14)13(19)18-11(2)12-8-16-17-9-12/h8-9,11,15H,3-7,10H2,1-2H3,(H,16,17)(H,18,19). The minimum atomic E-state index is -0.231. The fraction of sp³-hybridized carbons (Fsp3) is 0.714. The highest BCUT2D eigenvalue weighted by Crippen LogP contribution is 2.32. The predicted molar refractivity (Wildman–Crippen MR) is 74.6 cm³/mol. The molecule has 3 N–H and O–H groups in total. The molecule has 1 aromatic rings. The molecule has 5 heteroatoms. The maximum absolute atomic E-state index is 12.6. The number of rotatable bonds is 5. The SMILES string of the molecule is CCCC1(C(=O)NC(C)c2cn[nH]c2)CCCNC1. The van der Waals surface area contributed by atoms with E-state index in [9.17, 15) is 4.79 Å². The van der Waals surface area contributed by atoms with E-state index in [1.807, 2.05) is 13.1 Å². The molecule has 5 nitrogen and oxygen atoms in total. The first kappa shape index (κ1) is 14.1. The van der Waals surface area contributed by atoms with Crippen molar-refractivity contribution >= 4 is 5.91 Å². The van der Waals surface area contributed by atoms with Crippen LogP contribution in [0.5, 0.6) is 0 Å². The van der Waals surface area contributed by atoms with Crippen molar-refractivity contribution in [3.05, 3.63) is 18.0 Å². The van der Waals surface area contributed by atoms with E-state index < -0.39 is 0 Å². The zero-order chi connectivity index (χ0) is 13.7. The van der Waals surface area contributed by atoms with Gasteiger partial charge in [-0.3, -0.25) is 9.89 Å². The minimum Gasteiger partial charge on any atom is -0.349 e. The average molecular weight is 264 g/mol. The predicted octanol–water partition coefficient (Wildman–Crippen LogP) is 1.76. The van der Waals surface area contributed by atoms with Gasteiger partial charge in [0.05, 0.1) is 17.7 Å². The second kappa shape index (κ2) is 6.19. The molecule has 0 bridgehead atoms. The van der Waals surface area contributed by atoms with Crippen LogP contribution in [-0.4, -0.2) is 29.2 Å². The smallest absolute Gasteiger partial charge is 0.227 e. The van der Waals surface area contributed by atoms with Gasteiger partial charge >= 0.3 is 0 Å². The Bertz CT molecular complexity index is 390. The lowest BCUT2D eigenvalue weighted by atomic mass is 9.76. The lowest BCUT2D eigenvalue weighted by Crippen LogP contribution is -2.50. The van der Waals surface area contributed by atoms with Crippen molar-refractivity contribution < 1.29 is 4.79 Å². The van der Waals surface area contributed by atoms with E-state index in [1.165, 1.54) is 0 Å². The van der Waals surface area contributed by atoms with Crippen LogP contribution in [0.25, 0.3) is 0 Å². The molecule has 1 amide bonds. The number of aromatic nitrogens is 2. The molecular weight excluding hydrogens is 240 g/mol. The summed E-state index contributed by atoms with van der Waals surface area (Å²) in [6, 6.07) is 0.00177. The van der Waals surface area contributed by atoms with Crippen LogP contribution in [0.15, 0.2) is 12.4 Å². The molecule has 0 saturated carbocycles. The average Bonchev–Trinajstić information content (AvgIpc) is 2.94. The molecule has 0 aromatic carbocycles. The third-order valence-corrected chi connectivity index (χ3v) is 4.05. The molecule has 1 fully saturated rings. The Morgan fingerprint density at radius 3 is 3.05 bits per heavy atom. The molecule has 0 radical (unpaired) electrons. The van der Waals surface area contributed by atoms with Crippen LogP contribution in [0.4, 0.5) is 0 Å². The van der Waals surface area contributed by atoms with Gasteiger partial charge in [0, 0.05) is 18.3 Å². The summed E-state index contributed by atoms with van der Waals surface area (Å²) in [7, 11) is 0. The molecule has 2 atom stereocenters. The summed E-state index contributed by atoms with van der Waals surface area (Å²) in [6.07, 6.45) is 7.64. The number of carbonyl (C=O) groups excluding carboxylic acids is 1. The summed E-state index contributed by atoms with van der Waals surface area (Å²) >= 11 is 0. The van der Waals surface area contributed by atoms with Gasteiger partial charge < -0.3 is 10.6 Å². The number of nitrogens with one attached hydrogen (secondary N) is 3. The molecule has 1 aliphatic heterocycles. The topological polar surface area (TPSA) is 69.8 Å². The zero-order valence-corrected chi connectivity index (χ0v) is 11.8. The van der Waals surface area contributed by atoms with Gasteiger partial charge in [-0.15, -0.1) is 0 Å². The second-order valence-corrected chi connectivity index (χ2v) is 5.54. The molecular formula is C14H24N4O. The van der Waals surface area contributed by atoms with Gasteiger partial charge in [0.15, 0.2) is 0 Å². The highest BCUT2D eigenvalue weighted by Gasteiger charge is 2.39. The van der Waals surface area contributed by atoms with Crippen molar-refractivity contribution in [1.82, 2.24) is 20.8 Å². The van der Waals surface area contributed by atoms with Gasteiger partial charge in [0.1, 0.15) is 0 Å². The normalized spacial score (nSPS) is 24.9. The van der Waals surface area contributed by atoms with Crippen molar-refractivity contribution in [2.24, 2.45) is 5.41 Å². The summed E-state index contributed by atoms with van der Waals surface area (Å²) < 4.78 is 0. The van der Waals surface area contributed by atoms with Crippen molar-refractivity contribution in [2.75, 3.05) is 13.1 Å². The van der Waals surface area contributed by atoms with Crippen LogP contribution in [0.3, 0.4) is 0 Å². The van der Waals surface area contributed by atoms with Crippen molar-refractivity contribution in [2.45, 2.75) is 45.6 Å². The van der Waals surface area contributed by atoms with Crippen LogP contribution in [0.2, 0.25) is 0 Å². The number of carbonyl (C=O) groups is 1. The molecule has 0 spiro atoms. The van der Waals surface area contributed by atoms with E-state index in [-0.39, 0.29) is 17.4 Å². The molecule has 1 aliphatic rings. The van der Waals surface area contributed by atoms with Crippen molar-refractivity contribution in [3.63, 3.8) is 0 Å². The third kappa shape index (κ3) is 3.15. The van der Waals surface area contributed by atoms with Crippen molar-refractivity contribution in [3.8, 4) is 0 Å². The third-order valence-electron chi connectivity index (χ3n) is 4.05. The van der Waals surface area contributed by atoms with Crippen LogP contribution < -0.4 is 10.6 Å². The van der Waals surface area contributed by atoms with Gasteiger partial charge in [-0.25, -0.2) is 0 Å². The zero-order valence-electron chi connectivity index (χ0n) is 11.8. The fourth-order valence-corrected chi connectivity index (χ4v) is 2.90. The Balaban J connectivity index is 2.03. The molecule has 0 aliphatic carbocycles. The number of amides is 1. The Morgan fingerprint density at radius 2 is 2.47 bits per heavy atom. The maximum atomic E-state index is 12.6. The van der Waals surface area contributed by atoms with Gasteiger partial charge in [-0.1, -0.05) is 13.3 Å². The van der Waals surface area contributed by atoms with Gasteiger partial charge in [0.25, 0.3) is 0 Å². The molecule has 2 heterocycles. The van der Waals surface area contributed by atoms with Gasteiger partial charge in [-0.2, -0.15) is 5.10 Å². The number of nitrogens with zero attached hydrogens (tertiary/aromatic N) is 1. The number of piperidine rings is 1. The molecule has 106 valence electrons. The Labute approximate surface area is 114 Å². The van der Waals surface area contributed by atoms with E-state index in [4.69, 9.17) is 0 Å². The molecule has 1 aromatic heterocycles. The maximum Gasteiger partial charge on any atom is 0.227 e. The Kier molecular flexibility index (Phi) is 4.58. The molecule has 2 unspecified atom stereocenters. The fourth-order valence-electron chi connectivity index (χ4n) is 2.90. The summed E-state index contributed by atoms with van der Waals surface area (Å²) in [5, 5.41) is 13.2. The second-order valence-electron chi connectivity index (χ2n) is 5.54. The Morgan fingerprint density at radius 1 is 1.63 bits per heavy atom. The van der Waals surface area contributed by atoms with Crippen LogP contribution in [0, 0.1) is 5.41 Å². The van der Waals surface area contributed by atoms with Crippen LogP contribution in [-0.2, 0) is 4.79 Å². The monoisotopic (exact) mass is 264 g/mol. The lowest BCUT2D eigenvalue weighted by molar-refractivity contribution is -0.133. The lowest BCUT2D eigenvalue weighted by Gasteiger charge is -2.37. The summed E-state index contributed by atoms with van der Waals surface area (Å²) in [5.74, 6) is 0.176. The number of H-pyrrole nitrogens is 1. The van der Waals surface area contributed by atoms with E-state index in [1.54, 1.807) is 6.20 Å². The van der Waals surface area contributed by atoms with Crippen LogP contribution in [0.1, 0.15) is 51.1 Å². The quantitative estimate of drug-likeness (QED) is 0.759. The van der Waals surface area contributed by atoms with Gasteiger partial charge in [-0.05, 0) is 32.7 Å². The molecule has 19 heavy (non-hydrogen) atoms. The molecule has 1 saturated heterocycles. The minimum absolute atomic E-state index is 0.00177. The molecule has 2 rings (SSSR count). The first-order valence-electron chi connectivity index (χ1n) is 7.18. The highest BCUT2D eigenvalue weighted by atomic mass is 16.2. The number of hydrogen-bond acceptors (Lipinski definition) is 3.